The first-order valence-corrected chi connectivity index (χ1v) is 4.47. The third-order valence-corrected chi connectivity index (χ3v) is 1.81. The van der Waals surface area contributed by atoms with Crippen LogP contribution in [0.1, 0.15) is 20.3 Å². The maximum atomic E-state index is 11.0. The Morgan fingerprint density at radius 3 is 2.00 bits per heavy atom. The van der Waals surface area contributed by atoms with E-state index in [1.165, 1.54) is 14.0 Å². The number of ether oxygens (including phenoxy) is 1. The highest BCUT2D eigenvalue weighted by molar-refractivity contribution is 6.49. The van der Waals surface area contributed by atoms with Crippen molar-refractivity contribution in [1.82, 2.24) is 0 Å². The number of hydrogen-bond donors (Lipinski definition) is 0. The van der Waals surface area contributed by atoms with Gasteiger partial charge in [-0.3, -0.25) is 4.79 Å². The van der Waals surface area contributed by atoms with Gasteiger partial charge in [0.25, 0.3) is 0 Å². The molecular weight excluding hydrogens is 222 g/mol. The van der Waals surface area contributed by atoms with E-state index < -0.39 is 15.2 Å². The minimum Gasteiger partial charge on any atom is -0.468 e. The average Bonchev–Trinajstić information content (AvgIpc) is 1.80. The number of alkyl halides is 3. The van der Waals surface area contributed by atoms with Crippen molar-refractivity contribution in [3.63, 3.8) is 0 Å². The summed E-state index contributed by atoms with van der Waals surface area (Å²) in [6.07, 6.45) is 0.136. The fourth-order valence-electron chi connectivity index (χ4n) is 0.868. The fourth-order valence-corrected chi connectivity index (χ4v) is 1.88. The van der Waals surface area contributed by atoms with E-state index in [9.17, 15) is 4.79 Å². The van der Waals surface area contributed by atoms with Crippen LogP contribution in [0.4, 0.5) is 0 Å². The number of esters is 1. The number of carbonyl (C=O) groups excluding carboxylic acids is 1. The van der Waals surface area contributed by atoms with E-state index in [4.69, 9.17) is 34.8 Å². The molecule has 0 aliphatic carbocycles. The molecule has 0 aromatic carbocycles. The SMILES string of the molecule is COC(=O)C(C)(Cl)CC(C)(Cl)Cl. The third-order valence-electron chi connectivity index (χ3n) is 1.25. The fraction of sp³-hybridized carbons (Fsp3) is 0.857. The van der Waals surface area contributed by atoms with Gasteiger partial charge in [-0.15, -0.1) is 34.8 Å². The van der Waals surface area contributed by atoms with Gasteiger partial charge in [0.1, 0.15) is 9.21 Å². The molecule has 0 aromatic heterocycles. The summed E-state index contributed by atoms with van der Waals surface area (Å²) in [6.45, 7) is 3.09. The van der Waals surface area contributed by atoms with Gasteiger partial charge < -0.3 is 4.74 Å². The van der Waals surface area contributed by atoms with E-state index in [1.54, 1.807) is 6.92 Å². The summed E-state index contributed by atoms with van der Waals surface area (Å²) in [5.74, 6) is -0.531. The maximum Gasteiger partial charge on any atom is 0.326 e. The van der Waals surface area contributed by atoms with Gasteiger partial charge in [0.2, 0.25) is 0 Å². The average molecular weight is 234 g/mol. The first kappa shape index (κ1) is 12.3. The van der Waals surface area contributed by atoms with Gasteiger partial charge in [-0.2, -0.15) is 0 Å². The zero-order chi connectivity index (χ0) is 9.99. The van der Waals surface area contributed by atoms with Crippen molar-refractivity contribution >= 4 is 40.8 Å². The molecule has 0 bridgehead atoms. The molecule has 72 valence electrons. The zero-order valence-corrected chi connectivity index (χ0v) is 9.43. The summed E-state index contributed by atoms with van der Waals surface area (Å²) in [6, 6.07) is 0. The molecule has 0 fully saturated rings. The lowest BCUT2D eigenvalue weighted by Gasteiger charge is -2.24. The van der Waals surface area contributed by atoms with E-state index in [0.29, 0.717) is 0 Å². The number of carbonyl (C=O) groups is 1. The molecule has 1 unspecified atom stereocenters. The molecule has 0 radical (unpaired) electrons. The minimum atomic E-state index is -1.16. The Morgan fingerprint density at radius 1 is 1.33 bits per heavy atom. The monoisotopic (exact) mass is 232 g/mol. The highest BCUT2D eigenvalue weighted by Gasteiger charge is 2.38. The number of methoxy groups -OCH3 is 1. The van der Waals surface area contributed by atoms with Gasteiger partial charge in [0, 0.05) is 6.42 Å². The van der Waals surface area contributed by atoms with Crippen molar-refractivity contribution in [1.29, 1.82) is 0 Å². The normalized spacial score (nSPS) is 16.8. The van der Waals surface area contributed by atoms with Crippen molar-refractivity contribution in [3.05, 3.63) is 0 Å². The Bertz CT molecular complexity index is 172. The largest absolute Gasteiger partial charge is 0.468 e. The van der Waals surface area contributed by atoms with E-state index in [2.05, 4.69) is 4.74 Å². The second-order valence-corrected chi connectivity index (χ2v) is 5.63. The standard InChI is InChI=1S/C7H11Cl3O2/c1-6(8,5(11)12-3)4-7(2,9)10/h4H2,1-3H3. The lowest BCUT2D eigenvalue weighted by atomic mass is 10.1. The number of rotatable bonds is 3. The highest BCUT2D eigenvalue weighted by atomic mass is 35.5. The van der Waals surface area contributed by atoms with Gasteiger partial charge in [0.05, 0.1) is 7.11 Å². The number of halogens is 3. The maximum absolute atomic E-state index is 11.0. The van der Waals surface area contributed by atoms with Crippen LogP contribution in [-0.4, -0.2) is 22.3 Å². The predicted molar refractivity (Wildman–Crippen MR) is 51.0 cm³/mol. The summed E-state index contributed by atoms with van der Waals surface area (Å²) in [5.41, 5.74) is 0. The Hall–Kier alpha value is 0.340. The van der Waals surface area contributed by atoms with Crippen LogP contribution in [-0.2, 0) is 9.53 Å². The van der Waals surface area contributed by atoms with Crippen LogP contribution in [0.2, 0.25) is 0 Å². The summed E-state index contributed by atoms with van der Waals surface area (Å²) in [5, 5.41) is 0. The van der Waals surface area contributed by atoms with Crippen molar-refractivity contribution < 1.29 is 9.53 Å². The molecule has 0 N–H and O–H groups in total. The molecule has 2 nitrogen and oxygen atoms in total. The molecule has 0 saturated carbocycles. The Morgan fingerprint density at radius 2 is 1.75 bits per heavy atom. The predicted octanol–water partition coefficient (Wildman–Crippen LogP) is 2.74. The Balaban J connectivity index is 4.32. The van der Waals surface area contributed by atoms with Crippen molar-refractivity contribution in [3.8, 4) is 0 Å². The molecule has 0 saturated heterocycles. The molecule has 0 spiro atoms. The van der Waals surface area contributed by atoms with E-state index in [1.807, 2.05) is 0 Å². The van der Waals surface area contributed by atoms with Crippen LogP contribution >= 0.6 is 34.8 Å². The topological polar surface area (TPSA) is 26.3 Å². The highest BCUT2D eigenvalue weighted by Crippen LogP contribution is 2.34. The molecule has 0 aromatic rings. The quantitative estimate of drug-likeness (QED) is 0.553. The van der Waals surface area contributed by atoms with Crippen LogP contribution in [0.3, 0.4) is 0 Å². The van der Waals surface area contributed by atoms with Crippen LogP contribution < -0.4 is 0 Å². The summed E-state index contributed by atoms with van der Waals surface area (Å²) in [7, 11) is 1.27. The second-order valence-electron chi connectivity index (χ2n) is 2.94. The lowest BCUT2D eigenvalue weighted by Crippen LogP contribution is -2.35. The van der Waals surface area contributed by atoms with Gasteiger partial charge in [-0.1, -0.05) is 0 Å². The van der Waals surface area contributed by atoms with Crippen molar-refractivity contribution in [2.45, 2.75) is 29.5 Å². The van der Waals surface area contributed by atoms with Crippen molar-refractivity contribution in [2.75, 3.05) is 7.11 Å². The smallest absolute Gasteiger partial charge is 0.326 e. The Kier molecular flexibility index (Phi) is 4.15. The first-order chi connectivity index (χ1) is 5.19. The molecule has 0 amide bonds. The summed E-state index contributed by atoms with van der Waals surface area (Å²) < 4.78 is 3.45. The summed E-state index contributed by atoms with van der Waals surface area (Å²) in [4.78, 5) is 9.88. The molecular formula is C7H11Cl3O2. The van der Waals surface area contributed by atoms with Gasteiger partial charge in [0.15, 0.2) is 0 Å². The molecule has 12 heavy (non-hydrogen) atoms. The van der Waals surface area contributed by atoms with Gasteiger partial charge in [-0.25, -0.2) is 0 Å². The third kappa shape index (κ3) is 4.39. The van der Waals surface area contributed by atoms with Gasteiger partial charge in [-0.05, 0) is 13.8 Å². The van der Waals surface area contributed by atoms with E-state index in [0.717, 1.165) is 0 Å². The number of hydrogen-bond acceptors (Lipinski definition) is 2. The molecule has 0 aliphatic heterocycles. The van der Waals surface area contributed by atoms with E-state index >= 15 is 0 Å². The van der Waals surface area contributed by atoms with Crippen LogP contribution in [0.15, 0.2) is 0 Å². The second kappa shape index (κ2) is 4.03. The molecule has 5 heteroatoms. The first-order valence-electron chi connectivity index (χ1n) is 3.34. The van der Waals surface area contributed by atoms with Gasteiger partial charge >= 0.3 is 5.97 Å². The van der Waals surface area contributed by atoms with Crippen molar-refractivity contribution in [2.24, 2.45) is 0 Å². The molecule has 0 aliphatic rings. The Labute approximate surface area is 87.1 Å². The molecule has 1 atom stereocenters. The summed E-state index contributed by atoms with van der Waals surface area (Å²) >= 11 is 17.2. The zero-order valence-electron chi connectivity index (χ0n) is 7.16. The lowest BCUT2D eigenvalue weighted by molar-refractivity contribution is -0.143. The minimum absolute atomic E-state index is 0.136. The van der Waals surface area contributed by atoms with Crippen LogP contribution in [0, 0.1) is 0 Å². The van der Waals surface area contributed by atoms with E-state index in [-0.39, 0.29) is 6.42 Å². The van der Waals surface area contributed by atoms with Crippen LogP contribution in [0.25, 0.3) is 0 Å². The van der Waals surface area contributed by atoms with Crippen LogP contribution in [0.5, 0.6) is 0 Å². The molecule has 0 rings (SSSR count). The molecule has 0 heterocycles.